The maximum absolute atomic E-state index is 12.0. The first-order valence-corrected chi connectivity index (χ1v) is 7.25. The van der Waals surface area contributed by atoms with Gasteiger partial charge >= 0.3 is 6.03 Å². The number of halogens is 1. The van der Waals surface area contributed by atoms with Crippen molar-refractivity contribution in [2.24, 2.45) is 5.92 Å². The first kappa shape index (κ1) is 14.7. The molecule has 0 saturated heterocycles. The molecule has 106 valence electrons. The maximum atomic E-state index is 12.0. The summed E-state index contributed by atoms with van der Waals surface area (Å²) in [6.07, 6.45) is 4.60. The molecule has 5 heteroatoms. The Morgan fingerprint density at radius 3 is 2.80 bits per heavy atom. The SMILES string of the molecule is CC1CCCCC1NC(=O)Nc1ccc(C#N)c(Cl)c1. The van der Waals surface area contributed by atoms with Crippen LogP contribution in [0.3, 0.4) is 0 Å². The first-order valence-electron chi connectivity index (χ1n) is 6.87. The molecule has 1 fully saturated rings. The van der Waals surface area contributed by atoms with Crippen molar-refractivity contribution in [3.05, 3.63) is 28.8 Å². The van der Waals surface area contributed by atoms with E-state index in [1.165, 1.54) is 6.42 Å². The van der Waals surface area contributed by atoms with Crippen LogP contribution in [-0.2, 0) is 0 Å². The minimum atomic E-state index is -0.218. The highest BCUT2D eigenvalue weighted by Crippen LogP contribution is 2.24. The first-order chi connectivity index (χ1) is 9.60. The lowest BCUT2D eigenvalue weighted by molar-refractivity contribution is 0.232. The van der Waals surface area contributed by atoms with Crippen molar-refractivity contribution in [3.8, 4) is 6.07 Å². The summed E-state index contributed by atoms with van der Waals surface area (Å²) in [6.45, 7) is 2.17. The average molecular weight is 292 g/mol. The van der Waals surface area contributed by atoms with Crippen LogP contribution in [0.5, 0.6) is 0 Å². The number of amides is 2. The number of anilines is 1. The van der Waals surface area contributed by atoms with Crippen LogP contribution in [0.1, 0.15) is 38.2 Å². The lowest BCUT2D eigenvalue weighted by Gasteiger charge is -2.29. The van der Waals surface area contributed by atoms with E-state index in [1.807, 2.05) is 6.07 Å². The van der Waals surface area contributed by atoms with Gasteiger partial charge in [0.15, 0.2) is 0 Å². The van der Waals surface area contributed by atoms with Crippen LogP contribution in [0.2, 0.25) is 5.02 Å². The molecule has 4 nitrogen and oxygen atoms in total. The molecule has 2 unspecified atom stereocenters. The van der Waals surface area contributed by atoms with Gasteiger partial charge < -0.3 is 10.6 Å². The van der Waals surface area contributed by atoms with Crippen molar-refractivity contribution >= 4 is 23.3 Å². The van der Waals surface area contributed by atoms with Gasteiger partial charge in [-0.25, -0.2) is 4.79 Å². The second-order valence-corrected chi connectivity index (χ2v) is 5.68. The summed E-state index contributed by atoms with van der Waals surface area (Å²) < 4.78 is 0. The second kappa shape index (κ2) is 6.62. The minimum Gasteiger partial charge on any atom is -0.335 e. The maximum Gasteiger partial charge on any atom is 0.319 e. The van der Waals surface area contributed by atoms with Crippen LogP contribution in [0.25, 0.3) is 0 Å². The topological polar surface area (TPSA) is 64.9 Å². The van der Waals surface area contributed by atoms with Crippen LogP contribution >= 0.6 is 11.6 Å². The molecular weight excluding hydrogens is 274 g/mol. The van der Waals surface area contributed by atoms with Crippen molar-refractivity contribution in [1.29, 1.82) is 5.26 Å². The van der Waals surface area contributed by atoms with Crippen LogP contribution in [0.15, 0.2) is 18.2 Å². The molecule has 0 radical (unpaired) electrons. The Morgan fingerprint density at radius 1 is 1.40 bits per heavy atom. The van der Waals surface area contributed by atoms with E-state index >= 15 is 0 Å². The summed E-state index contributed by atoms with van der Waals surface area (Å²) in [5, 5.41) is 14.9. The highest BCUT2D eigenvalue weighted by molar-refractivity contribution is 6.32. The summed E-state index contributed by atoms with van der Waals surface area (Å²) in [5.74, 6) is 0.513. The molecule has 0 aliphatic heterocycles. The van der Waals surface area contributed by atoms with Crippen molar-refractivity contribution < 1.29 is 4.79 Å². The molecule has 2 rings (SSSR count). The number of nitrogens with zero attached hydrogens (tertiary/aromatic N) is 1. The molecular formula is C15H18ClN3O. The quantitative estimate of drug-likeness (QED) is 0.867. The van der Waals surface area contributed by atoms with E-state index in [9.17, 15) is 4.79 Å². The predicted molar refractivity (Wildman–Crippen MR) is 79.7 cm³/mol. The molecule has 2 atom stereocenters. The summed E-state index contributed by atoms with van der Waals surface area (Å²) in [4.78, 5) is 12.0. The van der Waals surface area contributed by atoms with Gasteiger partial charge in [-0.15, -0.1) is 0 Å². The molecule has 1 aromatic carbocycles. The van der Waals surface area contributed by atoms with Gasteiger partial charge in [-0.05, 0) is 37.0 Å². The van der Waals surface area contributed by atoms with Gasteiger partial charge in [0.25, 0.3) is 0 Å². The number of benzene rings is 1. The van der Waals surface area contributed by atoms with Crippen LogP contribution in [0.4, 0.5) is 10.5 Å². The van der Waals surface area contributed by atoms with Crippen molar-refractivity contribution in [2.45, 2.75) is 38.6 Å². The van der Waals surface area contributed by atoms with Gasteiger partial charge in [0.1, 0.15) is 6.07 Å². The Labute approximate surface area is 124 Å². The molecule has 2 amide bonds. The summed E-state index contributed by atoms with van der Waals surface area (Å²) in [6, 6.07) is 6.86. The average Bonchev–Trinajstić information content (AvgIpc) is 2.41. The fourth-order valence-electron chi connectivity index (χ4n) is 2.55. The van der Waals surface area contributed by atoms with Gasteiger partial charge in [-0.2, -0.15) is 5.26 Å². The molecule has 1 aromatic rings. The molecule has 1 saturated carbocycles. The van der Waals surface area contributed by atoms with Crippen LogP contribution < -0.4 is 10.6 Å². The summed E-state index contributed by atoms with van der Waals surface area (Å²) in [7, 11) is 0. The van der Waals surface area contributed by atoms with Gasteiger partial charge in [0.2, 0.25) is 0 Å². The highest BCUT2D eigenvalue weighted by Gasteiger charge is 2.22. The Bertz CT molecular complexity index is 538. The number of nitriles is 1. The summed E-state index contributed by atoms with van der Waals surface area (Å²) in [5.41, 5.74) is 0.994. The van der Waals surface area contributed by atoms with E-state index in [0.717, 1.165) is 19.3 Å². The number of hydrogen-bond donors (Lipinski definition) is 2. The van der Waals surface area contributed by atoms with E-state index in [2.05, 4.69) is 17.6 Å². The van der Waals surface area contributed by atoms with Crippen LogP contribution in [-0.4, -0.2) is 12.1 Å². The molecule has 1 aliphatic carbocycles. The van der Waals surface area contributed by atoms with E-state index in [0.29, 0.717) is 22.2 Å². The van der Waals surface area contributed by atoms with Gasteiger partial charge in [0.05, 0.1) is 10.6 Å². The number of carbonyl (C=O) groups excluding carboxylic acids is 1. The Hall–Kier alpha value is -1.73. The Morgan fingerprint density at radius 2 is 2.15 bits per heavy atom. The lowest BCUT2D eigenvalue weighted by Crippen LogP contribution is -2.43. The van der Waals surface area contributed by atoms with Gasteiger partial charge in [-0.1, -0.05) is 31.4 Å². The zero-order chi connectivity index (χ0) is 14.5. The third kappa shape index (κ3) is 3.64. The molecule has 0 bridgehead atoms. The monoisotopic (exact) mass is 291 g/mol. The molecule has 1 aliphatic rings. The third-order valence-electron chi connectivity index (χ3n) is 3.78. The van der Waals surface area contributed by atoms with E-state index in [-0.39, 0.29) is 12.1 Å². The number of urea groups is 1. The molecule has 0 aromatic heterocycles. The van der Waals surface area contributed by atoms with Crippen molar-refractivity contribution in [2.75, 3.05) is 5.32 Å². The fraction of sp³-hybridized carbons (Fsp3) is 0.467. The number of hydrogen-bond acceptors (Lipinski definition) is 2. The lowest BCUT2D eigenvalue weighted by atomic mass is 9.86. The van der Waals surface area contributed by atoms with E-state index < -0.39 is 0 Å². The Kier molecular flexibility index (Phi) is 4.86. The Balaban J connectivity index is 1.94. The molecule has 20 heavy (non-hydrogen) atoms. The standard InChI is InChI=1S/C15H18ClN3O/c1-10-4-2-3-5-14(10)19-15(20)18-12-7-6-11(9-17)13(16)8-12/h6-8,10,14H,2-5H2,1H3,(H2,18,19,20). The molecule has 0 spiro atoms. The number of nitrogens with one attached hydrogen (secondary N) is 2. The fourth-order valence-corrected chi connectivity index (χ4v) is 2.77. The number of carbonyl (C=O) groups is 1. The smallest absolute Gasteiger partial charge is 0.319 e. The minimum absolute atomic E-state index is 0.218. The van der Waals surface area contributed by atoms with Gasteiger partial charge in [0, 0.05) is 11.7 Å². The molecule has 0 heterocycles. The summed E-state index contributed by atoms with van der Waals surface area (Å²) >= 11 is 5.93. The predicted octanol–water partition coefficient (Wildman–Crippen LogP) is 3.91. The second-order valence-electron chi connectivity index (χ2n) is 5.27. The third-order valence-corrected chi connectivity index (χ3v) is 4.09. The van der Waals surface area contributed by atoms with Crippen LogP contribution in [0, 0.1) is 17.2 Å². The molecule has 2 N–H and O–H groups in total. The normalized spacial score (nSPS) is 21.9. The van der Waals surface area contributed by atoms with Gasteiger partial charge in [-0.3, -0.25) is 0 Å². The van der Waals surface area contributed by atoms with E-state index in [4.69, 9.17) is 16.9 Å². The zero-order valence-electron chi connectivity index (χ0n) is 11.4. The van der Waals surface area contributed by atoms with Crippen molar-refractivity contribution in [1.82, 2.24) is 5.32 Å². The highest BCUT2D eigenvalue weighted by atomic mass is 35.5. The zero-order valence-corrected chi connectivity index (χ0v) is 12.2. The number of rotatable bonds is 2. The van der Waals surface area contributed by atoms with Crippen molar-refractivity contribution in [3.63, 3.8) is 0 Å². The largest absolute Gasteiger partial charge is 0.335 e. The van der Waals surface area contributed by atoms with E-state index in [1.54, 1.807) is 18.2 Å².